The van der Waals surface area contributed by atoms with Crippen molar-refractivity contribution in [2.45, 2.75) is 46.3 Å². The van der Waals surface area contributed by atoms with Gasteiger partial charge in [0.1, 0.15) is 0 Å². The highest BCUT2D eigenvalue weighted by molar-refractivity contribution is 4.93. The number of nitrogens with zero attached hydrogens (tertiary/aromatic N) is 4. The number of aryl methyl sites for hydroxylation is 1. The van der Waals surface area contributed by atoms with Gasteiger partial charge in [0.2, 0.25) is 0 Å². The van der Waals surface area contributed by atoms with E-state index >= 15 is 0 Å². The molecule has 0 aliphatic heterocycles. The zero-order valence-electron chi connectivity index (χ0n) is 12.3. The predicted molar refractivity (Wildman–Crippen MR) is 70.2 cm³/mol. The Hall–Kier alpha value is -1.01. The molecule has 0 saturated heterocycles. The van der Waals surface area contributed by atoms with E-state index in [1.165, 1.54) is 4.80 Å². The molecule has 0 amide bonds. The Balaban J connectivity index is 2.80. The molecule has 1 aromatic rings. The highest BCUT2D eigenvalue weighted by atomic mass is 16.5. The van der Waals surface area contributed by atoms with Crippen molar-refractivity contribution in [2.75, 3.05) is 13.7 Å². The molecule has 18 heavy (non-hydrogen) atoms. The Morgan fingerprint density at radius 1 is 1.39 bits per heavy atom. The van der Waals surface area contributed by atoms with E-state index in [-0.39, 0.29) is 17.6 Å². The number of likely N-dealkylation sites (N-methyl/N-ethyl adjacent to an activating group) is 1. The van der Waals surface area contributed by atoms with E-state index in [2.05, 4.69) is 48.4 Å². The fourth-order valence-electron chi connectivity index (χ4n) is 2.27. The molecule has 1 heterocycles. The molecule has 1 aromatic heterocycles. The standard InChI is InChI=1S/C12H25N5O/c1-7-13-9(11(18-6)12(2,3)4)8-10-14-16-17(5)15-10/h9,11,13H,7-8H2,1-6H3. The third-order valence-corrected chi connectivity index (χ3v) is 2.89. The van der Waals surface area contributed by atoms with Crippen LogP contribution in [0.5, 0.6) is 0 Å². The van der Waals surface area contributed by atoms with Gasteiger partial charge in [0.25, 0.3) is 0 Å². The molecule has 0 fully saturated rings. The second-order valence-corrected chi connectivity index (χ2v) is 5.59. The van der Waals surface area contributed by atoms with Gasteiger partial charge in [0.05, 0.1) is 13.2 Å². The van der Waals surface area contributed by atoms with Gasteiger partial charge in [0.15, 0.2) is 5.82 Å². The average molecular weight is 255 g/mol. The molecule has 0 bridgehead atoms. The topological polar surface area (TPSA) is 64.9 Å². The maximum Gasteiger partial charge on any atom is 0.176 e. The van der Waals surface area contributed by atoms with Gasteiger partial charge in [-0.3, -0.25) is 0 Å². The molecule has 0 aliphatic carbocycles. The first-order valence-corrected chi connectivity index (χ1v) is 6.37. The second-order valence-electron chi connectivity index (χ2n) is 5.59. The van der Waals surface area contributed by atoms with Gasteiger partial charge in [-0.15, -0.1) is 10.2 Å². The number of nitrogens with one attached hydrogen (secondary N) is 1. The van der Waals surface area contributed by atoms with Crippen molar-refractivity contribution in [3.05, 3.63) is 5.82 Å². The van der Waals surface area contributed by atoms with Crippen LogP contribution in [0.3, 0.4) is 0 Å². The fourth-order valence-corrected chi connectivity index (χ4v) is 2.27. The molecule has 1 rings (SSSR count). The van der Waals surface area contributed by atoms with Gasteiger partial charge in [-0.2, -0.15) is 4.80 Å². The summed E-state index contributed by atoms with van der Waals surface area (Å²) in [7, 11) is 3.53. The van der Waals surface area contributed by atoms with Crippen LogP contribution in [0, 0.1) is 5.41 Å². The summed E-state index contributed by atoms with van der Waals surface area (Å²) >= 11 is 0. The Kier molecular flexibility index (Phi) is 5.22. The Labute approximate surface area is 109 Å². The van der Waals surface area contributed by atoms with Gasteiger partial charge in [-0.1, -0.05) is 27.7 Å². The highest BCUT2D eigenvalue weighted by Gasteiger charge is 2.32. The molecule has 0 aromatic carbocycles. The van der Waals surface area contributed by atoms with Gasteiger partial charge in [-0.25, -0.2) is 0 Å². The molecule has 0 radical (unpaired) electrons. The number of aromatic nitrogens is 4. The predicted octanol–water partition coefficient (Wildman–Crippen LogP) is 0.792. The van der Waals surface area contributed by atoms with Crippen LogP contribution in [0.1, 0.15) is 33.5 Å². The van der Waals surface area contributed by atoms with Crippen LogP contribution in [0.2, 0.25) is 0 Å². The lowest BCUT2D eigenvalue weighted by Crippen LogP contribution is -2.49. The molecule has 2 atom stereocenters. The van der Waals surface area contributed by atoms with Crippen molar-refractivity contribution in [1.82, 2.24) is 25.5 Å². The normalized spacial score (nSPS) is 15.7. The van der Waals surface area contributed by atoms with Gasteiger partial charge >= 0.3 is 0 Å². The van der Waals surface area contributed by atoms with Crippen LogP contribution in [0.15, 0.2) is 0 Å². The first kappa shape index (κ1) is 15.0. The van der Waals surface area contributed by atoms with Gasteiger partial charge in [-0.05, 0) is 17.2 Å². The molecule has 0 aliphatic rings. The van der Waals surface area contributed by atoms with Crippen LogP contribution in [0.25, 0.3) is 0 Å². The maximum atomic E-state index is 5.66. The summed E-state index contributed by atoms with van der Waals surface area (Å²) in [5.41, 5.74) is 0.0593. The zero-order chi connectivity index (χ0) is 13.8. The summed E-state index contributed by atoms with van der Waals surface area (Å²) in [6.07, 6.45) is 0.818. The number of rotatable bonds is 6. The first-order chi connectivity index (χ1) is 8.38. The number of hydrogen-bond acceptors (Lipinski definition) is 5. The molecule has 0 spiro atoms. The van der Waals surface area contributed by atoms with Crippen LogP contribution in [0.4, 0.5) is 0 Å². The third-order valence-electron chi connectivity index (χ3n) is 2.89. The van der Waals surface area contributed by atoms with E-state index in [1.54, 1.807) is 14.2 Å². The summed E-state index contributed by atoms with van der Waals surface area (Å²) < 4.78 is 5.66. The SMILES string of the molecule is CCNC(Cc1nnn(C)n1)C(OC)C(C)(C)C. The van der Waals surface area contributed by atoms with E-state index in [9.17, 15) is 0 Å². The summed E-state index contributed by atoms with van der Waals surface area (Å²) in [6, 6.07) is 0.184. The Bertz CT molecular complexity index is 358. The van der Waals surface area contributed by atoms with Gasteiger partial charge in [0, 0.05) is 19.6 Å². The molecular weight excluding hydrogens is 230 g/mol. The van der Waals surface area contributed by atoms with Gasteiger partial charge < -0.3 is 10.1 Å². The van der Waals surface area contributed by atoms with E-state index in [0.717, 1.165) is 18.8 Å². The van der Waals surface area contributed by atoms with Crippen LogP contribution >= 0.6 is 0 Å². The molecule has 6 nitrogen and oxygen atoms in total. The molecule has 104 valence electrons. The quantitative estimate of drug-likeness (QED) is 0.814. The fraction of sp³-hybridized carbons (Fsp3) is 0.917. The lowest BCUT2D eigenvalue weighted by molar-refractivity contribution is -0.0110. The van der Waals surface area contributed by atoms with Crippen molar-refractivity contribution in [3.63, 3.8) is 0 Å². The van der Waals surface area contributed by atoms with Crippen molar-refractivity contribution < 1.29 is 4.74 Å². The monoisotopic (exact) mass is 255 g/mol. The van der Waals surface area contributed by atoms with E-state index in [0.29, 0.717) is 0 Å². The van der Waals surface area contributed by atoms with E-state index < -0.39 is 0 Å². The minimum Gasteiger partial charge on any atom is -0.379 e. The number of hydrogen-bond donors (Lipinski definition) is 1. The number of tetrazole rings is 1. The highest BCUT2D eigenvalue weighted by Crippen LogP contribution is 2.25. The minimum atomic E-state index is 0.0593. The molecule has 0 saturated carbocycles. The lowest BCUT2D eigenvalue weighted by Gasteiger charge is -2.36. The summed E-state index contributed by atoms with van der Waals surface area (Å²) in [4.78, 5) is 1.48. The molecule has 1 N–H and O–H groups in total. The van der Waals surface area contributed by atoms with E-state index in [1.807, 2.05) is 0 Å². The summed E-state index contributed by atoms with van der Waals surface area (Å²) in [5.74, 6) is 0.745. The van der Waals surface area contributed by atoms with Crippen molar-refractivity contribution >= 4 is 0 Å². The Morgan fingerprint density at radius 3 is 2.44 bits per heavy atom. The lowest BCUT2D eigenvalue weighted by atomic mass is 9.83. The molecule has 2 unspecified atom stereocenters. The molecular formula is C12H25N5O. The maximum absolute atomic E-state index is 5.66. The smallest absolute Gasteiger partial charge is 0.176 e. The van der Waals surface area contributed by atoms with Crippen molar-refractivity contribution in [1.29, 1.82) is 0 Å². The average Bonchev–Trinajstić information content (AvgIpc) is 2.63. The number of ether oxygens (including phenoxy) is 1. The van der Waals surface area contributed by atoms with Crippen molar-refractivity contribution in [2.24, 2.45) is 12.5 Å². The summed E-state index contributed by atoms with van der Waals surface area (Å²) in [6.45, 7) is 9.51. The second kappa shape index (κ2) is 6.24. The minimum absolute atomic E-state index is 0.0593. The van der Waals surface area contributed by atoms with Crippen LogP contribution in [-0.2, 0) is 18.2 Å². The first-order valence-electron chi connectivity index (χ1n) is 6.37. The molecule has 6 heteroatoms. The van der Waals surface area contributed by atoms with Crippen molar-refractivity contribution in [3.8, 4) is 0 Å². The Morgan fingerprint density at radius 2 is 2.06 bits per heavy atom. The van der Waals surface area contributed by atoms with Crippen LogP contribution < -0.4 is 5.32 Å². The largest absolute Gasteiger partial charge is 0.379 e. The number of methoxy groups -OCH3 is 1. The van der Waals surface area contributed by atoms with E-state index in [4.69, 9.17) is 4.74 Å². The summed E-state index contributed by atoms with van der Waals surface area (Å²) in [5, 5.41) is 15.6. The third kappa shape index (κ3) is 4.03. The zero-order valence-corrected chi connectivity index (χ0v) is 12.3. The van der Waals surface area contributed by atoms with Crippen LogP contribution in [-0.4, -0.2) is 46.0 Å².